The fourth-order valence-electron chi connectivity index (χ4n) is 4.66. The summed E-state index contributed by atoms with van der Waals surface area (Å²) in [7, 11) is 6.00. The van der Waals surface area contributed by atoms with E-state index in [0.717, 1.165) is 48.9 Å². The van der Waals surface area contributed by atoms with Gasteiger partial charge in [0.25, 0.3) is 5.91 Å². The van der Waals surface area contributed by atoms with E-state index in [1.807, 2.05) is 42.5 Å². The molecule has 1 fully saturated rings. The molecule has 1 unspecified atom stereocenters. The van der Waals surface area contributed by atoms with E-state index in [0.29, 0.717) is 12.1 Å². The van der Waals surface area contributed by atoms with Gasteiger partial charge in [-0.2, -0.15) is 0 Å². The molecule has 1 atom stereocenters. The first kappa shape index (κ1) is 28.7. The molecular formula is C29H40ClN2O3+. The van der Waals surface area contributed by atoms with Gasteiger partial charge in [-0.25, -0.2) is 0 Å². The first-order valence-electron chi connectivity index (χ1n) is 12.3. The van der Waals surface area contributed by atoms with Crippen molar-refractivity contribution in [1.29, 1.82) is 0 Å². The molecule has 1 aliphatic rings. The van der Waals surface area contributed by atoms with Gasteiger partial charge in [0.15, 0.2) is 5.60 Å². The quantitative estimate of drug-likeness (QED) is 0.399. The van der Waals surface area contributed by atoms with Crippen LogP contribution in [0.25, 0.3) is 0 Å². The zero-order valence-corrected chi connectivity index (χ0v) is 22.1. The van der Waals surface area contributed by atoms with Crippen molar-refractivity contribution in [3.05, 3.63) is 65.7 Å². The Bertz CT molecular complexity index is 976. The van der Waals surface area contributed by atoms with Crippen molar-refractivity contribution >= 4 is 18.3 Å². The number of nitrogens with zero attached hydrogens (tertiary/aromatic N) is 1. The summed E-state index contributed by atoms with van der Waals surface area (Å²) in [5.41, 5.74) is 0.440. The molecule has 2 N–H and O–H groups in total. The number of halogens is 1. The molecule has 3 rings (SSSR count). The minimum absolute atomic E-state index is 0. The summed E-state index contributed by atoms with van der Waals surface area (Å²) < 4.78 is 5.99. The summed E-state index contributed by atoms with van der Waals surface area (Å²) in [6.45, 7) is 1.89. The monoisotopic (exact) mass is 499 g/mol. The molecule has 0 bridgehead atoms. The van der Waals surface area contributed by atoms with Crippen LogP contribution < -0.4 is 10.1 Å². The minimum atomic E-state index is -1.50. The number of methoxy groups -OCH3 is 1. The maximum Gasteiger partial charge on any atom is 0.257 e. The average molecular weight is 500 g/mol. The fourth-order valence-corrected chi connectivity index (χ4v) is 4.66. The lowest BCUT2D eigenvalue weighted by molar-refractivity contribution is -0.882. The van der Waals surface area contributed by atoms with Gasteiger partial charge < -0.3 is 19.6 Å². The maximum atomic E-state index is 13.2. The Hall–Kier alpha value is -2.52. The fraction of sp³-hybridized carbons (Fsp3) is 0.483. The average Bonchev–Trinajstić information content (AvgIpc) is 2.88. The molecule has 0 saturated heterocycles. The van der Waals surface area contributed by atoms with Crippen LogP contribution >= 0.6 is 12.4 Å². The molecule has 0 radical (unpaired) electrons. The van der Waals surface area contributed by atoms with Gasteiger partial charge in [-0.15, -0.1) is 12.4 Å². The third-order valence-corrected chi connectivity index (χ3v) is 6.89. The highest BCUT2D eigenvalue weighted by Gasteiger charge is 2.45. The maximum absolute atomic E-state index is 13.2. The number of hydrogen-bond donors (Lipinski definition) is 2. The molecule has 1 saturated carbocycles. The van der Waals surface area contributed by atoms with Gasteiger partial charge in [-0.05, 0) is 42.0 Å². The van der Waals surface area contributed by atoms with Crippen molar-refractivity contribution in [3.63, 3.8) is 0 Å². The smallest absolute Gasteiger partial charge is 0.257 e. The van der Waals surface area contributed by atoms with E-state index < -0.39 is 5.60 Å². The standard InChI is InChI=1S/C29H38N2O3.ClH/c1-31(2,23-20-24-16-18-27(34-3)19-17-24)22-11-10-21-30-28(32)29(33,25-12-6-4-7-13-25)26-14-8-5-9-15-26;/h4,6-7,12-13,16-19,26,33H,5,8-9,14-15,20-23H2,1-3H3;1H/p+1. The SMILES string of the molecule is COc1ccc(CC[N+](C)(C)CC#CCNC(=O)C(O)(c2ccccc2)C2CCCCC2)cc1.Cl. The van der Waals surface area contributed by atoms with Crippen molar-refractivity contribution in [3.8, 4) is 17.6 Å². The van der Waals surface area contributed by atoms with E-state index in [1.165, 1.54) is 12.0 Å². The van der Waals surface area contributed by atoms with E-state index in [2.05, 4.69) is 43.4 Å². The van der Waals surface area contributed by atoms with Gasteiger partial charge in [-0.3, -0.25) is 4.79 Å². The number of benzene rings is 2. The Morgan fingerprint density at radius 3 is 2.34 bits per heavy atom. The van der Waals surface area contributed by atoms with Crippen LogP contribution in [0.4, 0.5) is 0 Å². The predicted octanol–water partition coefficient (Wildman–Crippen LogP) is 4.32. The molecule has 2 aromatic carbocycles. The Morgan fingerprint density at radius 2 is 1.71 bits per heavy atom. The van der Waals surface area contributed by atoms with Gasteiger partial charge in [0.05, 0.1) is 34.3 Å². The van der Waals surface area contributed by atoms with Gasteiger partial charge in [-0.1, -0.05) is 67.6 Å². The molecule has 0 aromatic heterocycles. The normalized spacial score (nSPS) is 15.7. The zero-order valence-electron chi connectivity index (χ0n) is 21.3. The van der Waals surface area contributed by atoms with E-state index in [9.17, 15) is 9.90 Å². The van der Waals surface area contributed by atoms with E-state index in [1.54, 1.807) is 7.11 Å². The number of carbonyl (C=O) groups is 1. The third kappa shape index (κ3) is 8.00. The van der Waals surface area contributed by atoms with Crippen LogP contribution in [0.2, 0.25) is 0 Å². The lowest BCUT2D eigenvalue weighted by Crippen LogP contribution is -2.50. The number of carbonyl (C=O) groups excluding carboxylic acids is 1. The second-order valence-electron chi connectivity index (χ2n) is 9.92. The summed E-state index contributed by atoms with van der Waals surface area (Å²) in [5, 5.41) is 14.5. The Kier molecular flexibility index (Phi) is 11.1. The van der Waals surface area contributed by atoms with Crippen LogP contribution in [0.3, 0.4) is 0 Å². The van der Waals surface area contributed by atoms with Crippen LogP contribution in [0.5, 0.6) is 5.75 Å². The molecule has 190 valence electrons. The van der Waals surface area contributed by atoms with Crippen LogP contribution in [-0.4, -0.2) is 56.3 Å². The first-order chi connectivity index (χ1) is 16.3. The minimum Gasteiger partial charge on any atom is -0.497 e. The first-order valence-corrected chi connectivity index (χ1v) is 12.3. The highest BCUT2D eigenvalue weighted by molar-refractivity contribution is 5.87. The topological polar surface area (TPSA) is 58.6 Å². The van der Waals surface area contributed by atoms with Gasteiger partial charge in [0, 0.05) is 12.3 Å². The lowest BCUT2D eigenvalue weighted by atomic mass is 9.73. The van der Waals surface area contributed by atoms with Gasteiger partial charge >= 0.3 is 0 Å². The second kappa shape index (κ2) is 13.5. The molecule has 35 heavy (non-hydrogen) atoms. The lowest BCUT2D eigenvalue weighted by Gasteiger charge is -2.37. The highest BCUT2D eigenvalue weighted by Crippen LogP contribution is 2.39. The van der Waals surface area contributed by atoms with E-state index >= 15 is 0 Å². The largest absolute Gasteiger partial charge is 0.497 e. The number of aliphatic hydroxyl groups is 1. The van der Waals surface area contributed by atoms with Crippen molar-refractivity contribution in [1.82, 2.24) is 5.32 Å². The molecule has 0 spiro atoms. The number of quaternary nitrogens is 1. The zero-order chi connectivity index (χ0) is 24.4. The van der Waals surface area contributed by atoms with Crippen molar-refractivity contribution in [2.75, 3.05) is 40.8 Å². The van der Waals surface area contributed by atoms with Crippen LogP contribution in [-0.2, 0) is 16.8 Å². The molecular weight excluding hydrogens is 460 g/mol. The predicted molar refractivity (Wildman–Crippen MR) is 143 cm³/mol. The number of rotatable bonds is 9. The molecule has 0 aliphatic heterocycles. The second-order valence-corrected chi connectivity index (χ2v) is 9.92. The Morgan fingerprint density at radius 1 is 1.06 bits per heavy atom. The van der Waals surface area contributed by atoms with Crippen LogP contribution in [0.15, 0.2) is 54.6 Å². The molecule has 6 heteroatoms. The number of amides is 1. The van der Waals surface area contributed by atoms with Crippen molar-refractivity contribution < 1.29 is 19.1 Å². The Labute approximate surface area is 216 Å². The Balaban J connectivity index is 0.00000432. The van der Waals surface area contributed by atoms with E-state index in [-0.39, 0.29) is 30.8 Å². The van der Waals surface area contributed by atoms with Crippen molar-refractivity contribution in [2.45, 2.75) is 44.1 Å². The summed E-state index contributed by atoms with van der Waals surface area (Å²) in [5.74, 6) is 6.76. The molecule has 1 aliphatic carbocycles. The van der Waals surface area contributed by atoms with Gasteiger partial charge in [0.2, 0.25) is 0 Å². The summed E-state index contributed by atoms with van der Waals surface area (Å²) >= 11 is 0. The van der Waals surface area contributed by atoms with Crippen LogP contribution in [0.1, 0.15) is 43.2 Å². The molecule has 0 heterocycles. The number of hydrogen-bond acceptors (Lipinski definition) is 3. The summed E-state index contributed by atoms with van der Waals surface area (Å²) in [6, 6.07) is 17.5. The summed E-state index contributed by atoms with van der Waals surface area (Å²) in [4.78, 5) is 13.2. The molecule has 1 amide bonds. The van der Waals surface area contributed by atoms with Gasteiger partial charge in [0.1, 0.15) is 12.3 Å². The van der Waals surface area contributed by atoms with E-state index in [4.69, 9.17) is 4.74 Å². The van der Waals surface area contributed by atoms with Crippen molar-refractivity contribution in [2.24, 2.45) is 5.92 Å². The molecule has 2 aromatic rings. The summed E-state index contributed by atoms with van der Waals surface area (Å²) in [6.07, 6.45) is 5.96. The third-order valence-electron chi connectivity index (χ3n) is 6.89. The number of likely N-dealkylation sites (N-methyl/N-ethyl adjacent to an activating group) is 1. The number of ether oxygens (including phenoxy) is 1. The number of nitrogens with one attached hydrogen (secondary N) is 1. The molecule has 5 nitrogen and oxygen atoms in total. The van der Waals surface area contributed by atoms with Crippen LogP contribution in [0, 0.1) is 17.8 Å². The highest BCUT2D eigenvalue weighted by atomic mass is 35.5.